The van der Waals surface area contributed by atoms with E-state index in [9.17, 15) is 9.59 Å². The lowest BCUT2D eigenvalue weighted by Gasteiger charge is -2.20. The van der Waals surface area contributed by atoms with Crippen LogP contribution >= 0.6 is 0 Å². The van der Waals surface area contributed by atoms with Crippen molar-refractivity contribution < 1.29 is 28.2 Å². The number of carbonyl (C=O) groups excluding carboxylic acids is 2. The molecule has 2 aromatic carbocycles. The molecule has 1 aromatic heterocycles. The van der Waals surface area contributed by atoms with Gasteiger partial charge in [-0.15, -0.1) is 0 Å². The quantitative estimate of drug-likeness (QED) is 0.446. The minimum Gasteiger partial charge on any atom is -0.493 e. The summed E-state index contributed by atoms with van der Waals surface area (Å²) in [5.41, 5.74) is 1.64. The smallest absolute Gasteiger partial charge is 0.253 e. The van der Waals surface area contributed by atoms with Crippen molar-refractivity contribution in [1.29, 1.82) is 0 Å². The normalized spacial score (nSPS) is 10.6. The van der Waals surface area contributed by atoms with Crippen LogP contribution in [0.1, 0.15) is 21.7 Å². The Balaban J connectivity index is 1.63. The first-order valence-corrected chi connectivity index (χ1v) is 10.6. The Bertz CT molecular complexity index is 1110. The van der Waals surface area contributed by atoms with E-state index >= 15 is 0 Å². The summed E-state index contributed by atoms with van der Waals surface area (Å²) in [4.78, 5) is 27.2. The summed E-state index contributed by atoms with van der Waals surface area (Å²) >= 11 is 0. The maximum atomic E-state index is 12.7. The van der Waals surface area contributed by atoms with Gasteiger partial charge in [0, 0.05) is 12.1 Å². The SMILES string of the molecule is COc1ccc(CN(C)CC(=O)Nc2ccccc2C(=O)NCc2ccco2)c(OC)c1OC. The van der Waals surface area contributed by atoms with E-state index in [0.29, 0.717) is 40.8 Å². The van der Waals surface area contributed by atoms with Crippen LogP contribution in [0, 0.1) is 0 Å². The molecule has 0 aliphatic heterocycles. The predicted molar refractivity (Wildman–Crippen MR) is 127 cm³/mol. The molecule has 0 aliphatic carbocycles. The number of carbonyl (C=O) groups is 2. The summed E-state index contributed by atoms with van der Waals surface area (Å²) in [5.74, 6) is 1.68. The molecule has 0 fully saturated rings. The van der Waals surface area contributed by atoms with E-state index in [1.807, 2.05) is 18.0 Å². The van der Waals surface area contributed by atoms with Gasteiger partial charge in [-0.2, -0.15) is 0 Å². The van der Waals surface area contributed by atoms with Gasteiger partial charge < -0.3 is 29.3 Å². The zero-order chi connectivity index (χ0) is 24.5. The molecule has 2 amide bonds. The second-order valence-corrected chi connectivity index (χ2v) is 7.52. The number of anilines is 1. The summed E-state index contributed by atoms with van der Waals surface area (Å²) in [6, 6.07) is 14.0. The lowest BCUT2D eigenvalue weighted by Crippen LogP contribution is -2.31. The van der Waals surface area contributed by atoms with Gasteiger partial charge in [-0.05, 0) is 37.4 Å². The fraction of sp³-hybridized carbons (Fsp3) is 0.280. The molecule has 0 bridgehead atoms. The van der Waals surface area contributed by atoms with Crippen molar-refractivity contribution in [3.05, 3.63) is 71.7 Å². The van der Waals surface area contributed by atoms with E-state index < -0.39 is 0 Å². The summed E-state index contributed by atoms with van der Waals surface area (Å²) < 4.78 is 21.5. The summed E-state index contributed by atoms with van der Waals surface area (Å²) in [5, 5.41) is 5.62. The lowest BCUT2D eigenvalue weighted by atomic mass is 10.1. The zero-order valence-electron chi connectivity index (χ0n) is 19.7. The number of hydrogen-bond acceptors (Lipinski definition) is 7. The minimum atomic E-state index is -0.310. The number of furan rings is 1. The van der Waals surface area contributed by atoms with Gasteiger partial charge in [0.15, 0.2) is 11.5 Å². The fourth-order valence-electron chi connectivity index (χ4n) is 3.54. The topological polar surface area (TPSA) is 102 Å². The minimum absolute atomic E-state index is 0.0971. The predicted octanol–water partition coefficient (Wildman–Crippen LogP) is 3.31. The van der Waals surface area contributed by atoms with Gasteiger partial charge in [-0.1, -0.05) is 18.2 Å². The molecule has 0 spiro atoms. The van der Waals surface area contributed by atoms with Crippen LogP contribution in [-0.4, -0.2) is 51.6 Å². The van der Waals surface area contributed by atoms with Gasteiger partial charge in [0.1, 0.15) is 5.76 Å². The number of para-hydroxylation sites is 1. The number of amides is 2. The molecule has 3 rings (SSSR count). The molecule has 0 radical (unpaired) electrons. The van der Waals surface area contributed by atoms with Gasteiger partial charge in [0.05, 0.1) is 51.9 Å². The molecular weight excluding hydrogens is 438 g/mol. The van der Waals surface area contributed by atoms with E-state index in [4.69, 9.17) is 18.6 Å². The second-order valence-electron chi connectivity index (χ2n) is 7.52. The number of benzene rings is 2. The monoisotopic (exact) mass is 467 g/mol. The highest BCUT2D eigenvalue weighted by Gasteiger charge is 2.19. The highest BCUT2D eigenvalue weighted by Crippen LogP contribution is 2.40. The number of nitrogens with one attached hydrogen (secondary N) is 2. The van der Waals surface area contributed by atoms with Crippen molar-refractivity contribution in [2.45, 2.75) is 13.1 Å². The van der Waals surface area contributed by atoms with Gasteiger partial charge in [0.2, 0.25) is 11.7 Å². The standard InChI is InChI=1S/C25H29N3O6/c1-28(15-17-11-12-21(31-2)24(33-4)23(17)32-3)16-22(29)27-20-10-6-5-9-19(20)25(30)26-14-18-8-7-13-34-18/h5-13H,14-16H2,1-4H3,(H,26,30)(H,27,29). The first-order chi connectivity index (χ1) is 16.5. The molecule has 1 heterocycles. The zero-order valence-corrected chi connectivity index (χ0v) is 19.7. The van der Waals surface area contributed by atoms with E-state index in [-0.39, 0.29) is 24.9 Å². The van der Waals surface area contributed by atoms with Crippen LogP contribution in [-0.2, 0) is 17.9 Å². The molecule has 0 atom stereocenters. The van der Waals surface area contributed by atoms with Crippen molar-refractivity contribution in [2.24, 2.45) is 0 Å². The van der Waals surface area contributed by atoms with E-state index in [1.165, 1.54) is 0 Å². The second kappa shape index (κ2) is 11.8. The Kier molecular flexibility index (Phi) is 8.53. The Morgan fingerprint density at radius 3 is 2.38 bits per heavy atom. The van der Waals surface area contributed by atoms with Crippen molar-refractivity contribution in [3.8, 4) is 17.2 Å². The maximum absolute atomic E-state index is 12.7. The molecular formula is C25H29N3O6. The van der Waals surface area contributed by atoms with Crippen LogP contribution in [0.4, 0.5) is 5.69 Å². The number of rotatable bonds is 11. The van der Waals surface area contributed by atoms with Crippen molar-refractivity contribution in [2.75, 3.05) is 40.2 Å². The molecule has 180 valence electrons. The average molecular weight is 468 g/mol. The average Bonchev–Trinajstić information content (AvgIpc) is 3.36. The molecule has 0 unspecified atom stereocenters. The molecule has 0 saturated heterocycles. The molecule has 2 N–H and O–H groups in total. The van der Waals surface area contributed by atoms with E-state index in [0.717, 1.165) is 5.56 Å². The summed E-state index contributed by atoms with van der Waals surface area (Å²) in [6.45, 7) is 0.784. The van der Waals surface area contributed by atoms with Crippen LogP contribution in [0.25, 0.3) is 0 Å². The van der Waals surface area contributed by atoms with Gasteiger partial charge in [-0.25, -0.2) is 0 Å². The lowest BCUT2D eigenvalue weighted by molar-refractivity contribution is -0.117. The largest absolute Gasteiger partial charge is 0.493 e. The third kappa shape index (κ3) is 6.08. The fourth-order valence-corrected chi connectivity index (χ4v) is 3.54. The van der Waals surface area contributed by atoms with Gasteiger partial charge >= 0.3 is 0 Å². The highest BCUT2D eigenvalue weighted by molar-refractivity contribution is 6.04. The number of ether oxygens (including phenoxy) is 3. The summed E-state index contributed by atoms with van der Waals surface area (Å²) in [7, 11) is 6.48. The first kappa shape index (κ1) is 24.7. The van der Waals surface area contributed by atoms with E-state index in [2.05, 4.69) is 10.6 Å². The van der Waals surface area contributed by atoms with Gasteiger partial charge in [0.25, 0.3) is 5.91 Å². The third-order valence-electron chi connectivity index (χ3n) is 5.09. The molecule has 3 aromatic rings. The number of hydrogen-bond donors (Lipinski definition) is 2. The molecule has 34 heavy (non-hydrogen) atoms. The first-order valence-electron chi connectivity index (χ1n) is 10.6. The Labute approximate surface area is 198 Å². The van der Waals surface area contributed by atoms with Crippen molar-refractivity contribution in [3.63, 3.8) is 0 Å². The number of methoxy groups -OCH3 is 3. The highest BCUT2D eigenvalue weighted by atomic mass is 16.5. The maximum Gasteiger partial charge on any atom is 0.253 e. The molecule has 9 nitrogen and oxygen atoms in total. The summed E-state index contributed by atoms with van der Waals surface area (Å²) in [6.07, 6.45) is 1.55. The third-order valence-corrected chi connectivity index (χ3v) is 5.09. The van der Waals surface area contributed by atoms with Gasteiger partial charge in [-0.3, -0.25) is 14.5 Å². The van der Waals surface area contributed by atoms with Crippen LogP contribution < -0.4 is 24.8 Å². The molecule has 9 heteroatoms. The Morgan fingerprint density at radius 2 is 1.71 bits per heavy atom. The number of likely N-dealkylation sites (N-methyl/N-ethyl adjacent to an activating group) is 1. The van der Waals surface area contributed by atoms with Crippen LogP contribution in [0.2, 0.25) is 0 Å². The van der Waals surface area contributed by atoms with E-state index in [1.54, 1.807) is 70.1 Å². The van der Waals surface area contributed by atoms with Crippen LogP contribution in [0.3, 0.4) is 0 Å². The molecule has 0 aliphatic rings. The molecule has 0 saturated carbocycles. The van der Waals surface area contributed by atoms with Crippen molar-refractivity contribution >= 4 is 17.5 Å². The Hall–Kier alpha value is -3.98. The Morgan fingerprint density at radius 1 is 0.941 bits per heavy atom. The van der Waals surface area contributed by atoms with Crippen molar-refractivity contribution in [1.82, 2.24) is 10.2 Å². The van der Waals surface area contributed by atoms with Crippen LogP contribution in [0.5, 0.6) is 17.2 Å². The van der Waals surface area contributed by atoms with Crippen LogP contribution in [0.15, 0.2) is 59.2 Å². The number of nitrogens with zero attached hydrogens (tertiary/aromatic N) is 1.